The molecular formula is C20H14O3. The van der Waals surface area contributed by atoms with Gasteiger partial charge < -0.3 is 9.15 Å². The van der Waals surface area contributed by atoms with Gasteiger partial charge in [-0.15, -0.1) is 6.42 Å². The summed E-state index contributed by atoms with van der Waals surface area (Å²) in [6, 6.07) is 16.8. The van der Waals surface area contributed by atoms with Crippen LogP contribution in [0.5, 0.6) is 5.75 Å². The molecule has 3 nitrogen and oxygen atoms in total. The predicted octanol–water partition coefficient (Wildman–Crippen LogP) is 3.98. The number of benzene rings is 2. The van der Waals surface area contributed by atoms with Crippen molar-refractivity contribution in [1.82, 2.24) is 0 Å². The maximum atomic E-state index is 12.6. The summed E-state index contributed by atoms with van der Waals surface area (Å²) in [6.45, 7) is 0.00920. The maximum absolute atomic E-state index is 12.6. The highest BCUT2D eigenvalue weighted by atomic mass is 16.5. The Labute approximate surface area is 133 Å². The first-order chi connectivity index (χ1) is 11.3. The van der Waals surface area contributed by atoms with Crippen LogP contribution in [0, 0.1) is 12.3 Å². The fourth-order valence-electron chi connectivity index (χ4n) is 2.24. The SMILES string of the molecule is C#CCOc1c(/C=C/c2ccccc2)oc2ccccc2c1=O. The van der Waals surface area contributed by atoms with Crippen molar-refractivity contribution in [3.63, 3.8) is 0 Å². The van der Waals surface area contributed by atoms with E-state index in [0.717, 1.165) is 5.56 Å². The van der Waals surface area contributed by atoms with E-state index in [1.165, 1.54) is 0 Å². The van der Waals surface area contributed by atoms with E-state index >= 15 is 0 Å². The highest BCUT2D eigenvalue weighted by molar-refractivity contribution is 5.81. The van der Waals surface area contributed by atoms with Crippen LogP contribution in [-0.4, -0.2) is 6.61 Å². The van der Waals surface area contributed by atoms with Crippen molar-refractivity contribution < 1.29 is 9.15 Å². The van der Waals surface area contributed by atoms with E-state index in [1.54, 1.807) is 24.3 Å². The van der Waals surface area contributed by atoms with Gasteiger partial charge >= 0.3 is 0 Å². The first-order valence-electron chi connectivity index (χ1n) is 7.15. The summed E-state index contributed by atoms with van der Waals surface area (Å²) in [7, 11) is 0. The lowest BCUT2D eigenvalue weighted by atomic mass is 10.1. The van der Waals surface area contributed by atoms with E-state index in [-0.39, 0.29) is 17.8 Å². The highest BCUT2D eigenvalue weighted by Crippen LogP contribution is 2.23. The minimum absolute atomic E-state index is 0.00920. The summed E-state index contributed by atoms with van der Waals surface area (Å²) in [6.07, 6.45) is 8.80. The highest BCUT2D eigenvalue weighted by Gasteiger charge is 2.13. The lowest BCUT2D eigenvalue weighted by molar-refractivity contribution is 0.352. The van der Waals surface area contributed by atoms with Gasteiger partial charge in [-0.1, -0.05) is 54.5 Å². The third kappa shape index (κ3) is 3.17. The fourth-order valence-corrected chi connectivity index (χ4v) is 2.24. The second kappa shape index (κ2) is 6.67. The van der Waals surface area contributed by atoms with E-state index in [9.17, 15) is 4.79 Å². The monoisotopic (exact) mass is 302 g/mol. The molecule has 3 heteroatoms. The molecule has 0 spiro atoms. The van der Waals surface area contributed by atoms with Gasteiger partial charge in [0.2, 0.25) is 11.2 Å². The van der Waals surface area contributed by atoms with Gasteiger partial charge in [0.1, 0.15) is 12.2 Å². The van der Waals surface area contributed by atoms with Gasteiger partial charge in [-0.3, -0.25) is 4.79 Å². The number of terminal acetylenes is 1. The van der Waals surface area contributed by atoms with Gasteiger partial charge in [0.05, 0.1) is 5.39 Å². The molecule has 3 aromatic rings. The number of hydrogen-bond donors (Lipinski definition) is 0. The van der Waals surface area contributed by atoms with Crippen molar-refractivity contribution in [2.45, 2.75) is 0 Å². The number of fused-ring (bicyclic) bond motifs is 1. The molecule has 0 aliphatic heterocycles. The van der Waals surface area contributed by atoms with E-state index in [4.69, 9.17) is 15.6 Å². The van der Waals surface area contributed by atoms with Crippen LogP contribution in [0.3, 0.4) is 0 Å². The molecule has 0 unspecified atom stereocenters. The third-order valence-corrected chi connectivity index (χ3v) is 3.31. The first-order valence-corrected chi connectivity index (χ1v) is 7.15. The molecule has 0 fully saturated rings. The van der Waals surface area contributed by atoms with Crippen LogP contribution in [0.1, 0.15) is 11.3 Å². The number of ether oxygens (including phenoxy) is 1. The van der Waals surface area contributed by atoms with Crippen LogP contribution >= 0.6 is 0 Å². The van der Waals surface area contributed by atoms with Crippen molar-refractivity contribution in [3.05, 3.63) is 76.1 Å². The zero-order valence-electron chi connectivity index (χ0n) is 12.4. The molecule has 0 saturated heterocycles. The van der Waals surface area contributed by atoms with Crippen LogP contribution in [-0.2, 0) is 0 Å². The number of rotatable bonds is 4. The summed E-state index contributed by atoms with van der Waals surface area (Å²) in [4.78, 5) is 12.6. The summed E-state index contributed by atoms with van der Waals surface area (Å²) >= 11 is 0. The fraction of sp³-hybridized carbons (Fsp3) is 0.0500. The molecule has 0 saturated carbocycles. The van der Waals surface area contributed by atoms with Crippen LogP contribution in [0.15, 0.2) is 63.8 Å². The van der Waals surface area contributed by atoms with Gasteiger partial charge in [0, 0.05) is 0 Å². The van der Waals surface area contributed by atoms with E-state index in [0.29, 0.717) is 16.7 Å². The molecule has 0 bridgehead atoms. The van der Waals surface area contributed by atoms with Gasteiger partial charge in [-0.05, 0) is 23.8 Å². The van der Waals surface area contributed by atoms with Crippen LogP contribution in [0.4, 0.5) is 0 Å². The van der Waals surface area contributed by atoms with Crippen molar-refractivity contribution in [2.75, 3.05) is 6.61 Å². The zero-order valence-corrected chi connectivity index (χ0v) is 12.4. The van der Waals surface area contributed by atoms with Gasteiger partial charge in [0.25, 0.3) is 0 Å². The lowest BCUT2D eigenvalue weighted by Crippen LogP contribution is -2.10. The second-order valence-corrected chi connectivity index (χ2v) is 4.86. The number of para-hydroxylation sites is 1. The van der Waals surface area contributed by atoms with Gasteiger partial charge in [-0.25, -0.2) is 0 Å². The Morgan fingerprint density at radius 2 is 1.78 bits per heavy atom. The van der Waals surface area contributed by atoms with Crippen molar-refractivity contribution >= 4 is 23.1 Å². The summed E-state index contributed by atoms with van der Waals surface area (Å²) < 4.78 is 11.2. The predicted molar refractivity (Wildman–Crippen MR) is 92.2 cm³/mol. The topological polar surface area (TPSA) is 39.4 Å². The average molecular weight is 302 g/mol. The second-order valence-electron chi connectivity index (χ2n) is 4.86. The molecule has 112 valence electrons. The molecule has 23 heavy (non-hydrogen) atoms. The van der Waals surface area contributed by atoms with Crippen molar-refractivity contribution in [2.24, 2.45) is 0 Å². The Balaban J connectivity index is 2.12. The molecule has 3 rings (SSSR count). The summed E-state index contributed by atoms with van der Waals surface area (Å²) in [5, 5.41) is 0.469. The summed E-state index contributed by atoms with van der Waals surface area (Å²) in [5.74, 6) is 2.85. The first kappa shape index (κ1) is 14.7. The molecule has 1 heterocycles. The van der Waals surface area contributed by atoms with Crippen molar-refractivity contribution in [3.8, 4) is 18.1 Å². The van der Waals surface area contributed by atoms with Gasteiger partial charge in [0.15, 0.2) is 5.76 Å². The molecule has 0 aliphatic rings. The molecule has 0 aliphatic carbocycles. The Kier molecular flexibility index (Phi) is 4.26. The standard InChI is InChI=1S/C20H14O3/c1-2-14-22-20-18(13-12-15-8-4-3-5-9-15)23-17-11-7-6-10-16(17)19(20)21/h1,3-13H,14H2/b13-12+. The molecular weight excluding hydrogens is 288 g/mol. The largest absolute Gasteiger partial charge is 0.473 e. The van der Waals surface area contributed by atoms with Crippen LogP contribution in [0.25, 0.3) is 23.1 Å². The smallest absolute Gasteiger partial charge is 0.235 e. The zero-order chi connectivity index (χ0) is 16.1. The maximum Gasteiger partial charge on any atom is 0.235 e. The summed E-state index contributed by atoms with van der Waals surface area (Å²) in [5.41, 5.74) is 1.28. The third-order valence-electron chi connectivity index (χ3n) is 3.31. The molecule has 0 radical (unpaired) electrons. The minimum Gasteiger partial charge on any atom is -0.473 e. The average Bonchev–Trinajstić information content (AvgIpc) is 2.60. The Bertz CT molecular complexity index is 944. The molecule has 0 amide bonds. The minimum atomic E-state index is -0.227. The van der Waals surface area contributed by atoms with Crippen molar-refractivity contribution in [1.29, 1.82) is 0 Å². The Morgan fingerprint density at radius 1 is 1.04 bits per heavy atom. The van der Waals surface area contributed by atoms with E-state index in [1.807, 2.05) is 42.5 Å². The van der Waals surface area contributed by atoms with Gasteiger partial charge in [-0.2, -0.15) is 0 Å². The van der Waals surface area contributed by atoms with E-state index < -0.39 is 0 Å². The lowest BCUT2D eigenvalue weighted by Gasteiger charge is -2.07. The van der Waals surface area contributed by atoms with E-state index in [2.05, 4.69) is 5.92 Å². The quantitative estimate of drug-likeness (QED) is 0.684. The molecule has 0 atom stereocenters. The van der Waals surface area contributed by atoms with Crippen LogP contribution in [0.2, 0.25) is 0 Å². The molecule has 0 N–H and O–H groups in total. The molecule has 2 aromatic carbocycles. The Morgan fingerprint density at radius 3 is 2.57 bits per heavy atom. The Hall–Kier alpha value is -3.25. The normalized spacial score (nSPS) is 10.7. The number of hydrogen-bond acceptors (Lipinski definition) is 3. The molecule has 1 aromatic heterocycles. The van der Waals surface area contributed by atoms with Crippen LogP contribution < -0.4 is 10.2 Å².